The van der Waals surface area contributed by atoms with Crippen LogP contribution in [-0.4, -0.2) is 33.4 Å². The number of anilines is 1. The van der Waals surface area contributed by atoms with Crippen LogP contribution < -0.4 is 21.3 Å². The Balaban J connectivity index is 1.69. The second-order valence-corrected chi connectivity index (χ2v) is 8.89. The summed E-state index contributed by atoms with van der Waals surface area (Å²) in [7, 11) is 0. The number of aliphatic carboxylic acids is 1. The van der Waals surface area contributed by atoms with E-state index in [4.69, 9.17) is 9.84 Å². The Labute approximate surface area is 190 Å². The van der Waals surface area contributed by atoms with E-state index in [9.17, 15) is 19.2 Å². The zero-order valence-electron chi connectivity index (χ0n) is 17.2. The van der Waals surface area contributed by atoms with Crippen molar-refractivity contribution in [2.75, 3.05) is 11.9 Å². The number of benzene rings is 1. The number of para-hydroxylation sites is 1. The SMILES string of the molecule is O=C(O)COc1ccccc1C1C2=C(CC(c3cccs3)CC2=O)Nc2[nH]c(=O)[nH]c(=O)c21. The predicted molar refractivity (Wildman–Crippen MR) is 121 cm³/mol. The summed E-state index contributed by atoms with van der Waals surface area (Å²) in [5, 5.41) is 14.2. The molecule has 2 unspecified atom stereocenters. The maximum absolute atomic E-state index is 13.5. The van der Waals surface area contributed by atoms with Gasteiger partial charge in [0.25, 0.3) is 5.56 Å². The molecule has 0 saturated carbocycles. The van der Waals surface area contributed by atoms with Crippen molar-refractivity contribution in [3.8, 4) is 5.75 Å². The van der Waals surface area contributed by atoms with Gasteiger partial charge in [-0.3, -0.25) is 19.6 Å². The van der Waals surface area contributed by atoms with Gasteiger partial charge in [-0.15, -0.1) is 11.3 Å². The number of hydrogen-bond donors (Lipinski definition) is 4. The van der Waals surface area contributed by atoms with Gasteiger partial charge in [0, 0.05) is 34.0 Å². The normalized spacial score (nSPS) is 19.5. The molecule has 4 N–H and O–H groups in total. The highest BCUT2D eigenvalue weighted by molar-refractivity contribution is 7.10. The largest absolute Gasteiger partial charge is 0.482 e. The highest BCUT2D eigenvalue weighted by Crippen LogP contribution is 2.48. The van der Waals surface area contributed by atoms with Crippen LogP contribution in [0.3, 0.4) is 0 Å². The maximum Gasteiger partial charge on any atom is 0.341 e. The highest BCUT2D eigenvalue weighted by Gasteiger charge is 2.41. The quantitative estimate of drug-likeness (QED) is 0.454. The molecule has 1 aliphatic heterocycles. The van der Waals surface area contributed by atoms with E-state index in [0.717, 1.165) is 4.88 Å². The second-order valence-electron chi connectivity index (χ2n) is 7.91. The molecule has 3 heterocycles. The molecule has 2 aliphatic rings. The minimum Gasteiger partial charge on any atom is -0.482 e. The van der Waals surface area contributed by atoms with Crippen molar-refractivity contribution >= 4 is 28.9 Å². The second kappa shape index (κ2) is 8.21. The first-order chi connectivity index (χ1) is 15.9. The number of allylic oxidation sites excluding steroid dienone is 2. The number of ketones is 1. The van der Waals surface area contributed by atoms with Gasteiger partial charge >= 0.3 is 11.7 Å². The lowest BCUT2D eigenvalue weighted by atomic mass is 9.73. The molecular formula is C23H19N3O6S. The lowest BCUT2D eigenvalue weighted by Gasteiger charge is -2.35. The zero-order chi connectivity index (χ0) is 23.1. The molecule has 1 aromatic carbocycles. The van der Waals surface area contributed by atoms with Gasteiger partial charge in [0.1, 0.15) is 11.6 Å². The molecule has 1 aliphatic carbocycles. The summed E-state index contributed by atoms with van der Waals surface area (Å²) in [5.41, 5.74) is 0.438. The van der Waals surface area contributed by atoms with Gasteiger partial charge in [-0.05, 0) is 23.9 Å². The van der Waals surface area contributed by atoms with Crippen molar-refractivity contribution in [1.82, 2.24) is 9.97 Å². The van der Waals surface area contributed by atoms with Crippen LogP contribution in [0.25, 0.3) is 0 Å². The molecule has 0 radical (unpaired) electrons. The van der Waals surface area contributed by atoms with Crippen LogP contribution in [-0.2, 0) is 9.59 Å². The van der Waals surface area contributed by atoms with E-state index in [-0.39, 0.29) is 35.3 Å². The fourth-order valence-corrected chi connectivity index (χ4v) is 5.41. The van der Waals surface area contributed by atoms with E-state index in [1.54, 1.807) is 35.6 Å². The molecule has 168 valence electrons. The van der Waals surface area contributed by atoms with E-state index in [0.29, 0.717) is 23.3 Å². The van der Waals surface area contributed by atoms with Crippen molar-refractivity contribution in [3.63, 3.8) is 0 Å². The summed E-state index contributed by atoms with van der Waals surface area (Å²) in [6.45, 7) is -0.572. The van der Waals surface area contributed by atoms with Crippen LogP contribution >= 0.6 is 11.3 Å². The lowest BCUT2D eigenvalue weighted by Crippen LogP contribution is -2.37. The number of Topliss-reactive ketones (excluding diaryl/α,β-unsaturated/α-hetero) is 1. The number of H-pyrrole nitrogens is 2. The summed E-state index contributed by atoms with van der Waals surface area (Å²) in [6, 6.07) is 10.6. The first-order valence-corrected chi connectivity index (χ1v) is 11.2. The third kappa shape index (κ3) is 3.78. The zero-order valence-corrected chi connectivity index (χ0v) is 18.0. The number of thiophene rings is 1. The molecule has 3 aromatic rings. The van der Waals surface area contributed by atoms with Crippen molar-refractivity contribution in [1.29, 1.82) is 0 Å². The number of hydrogen-bond acceptors (Lipinski definition) is 7. The first-order valence-electron chi connectivity index (χ1n) is 10.3. The van der Waals surface area contributed by atoms with Crippen LogP contribution in [0, 0.1) is 0 Å². The van der Waals surface area contributed by atoms with Crippen molar-refractivity contribution in [2.45, 2.75) is 24.7 Å². The Morgan fingerprint density at radius 1 is 1.09 bits per heavy atom. The average Bonchev–Trinajstić information content (AvgIpc) is 3.31. The molecule has 9 nitrogen and oxygen atoms in total. The van der Waals surface area contributed by atoms with E-state index < -0.39 is 29.7 Å². The van der Waals surface area contributed by atoms with E-state index >= 15 is 0 Å². The molecule has 0 amide bonds. The van der Waals surface area contributed by atoms with Gasteiger partial charge in [-0.25, -0.2) is 9.59 Å². The highest BCUT2D eigenvalue weighted by atomic mass is 32.1. The summed E-state index contributed by atoms with van der Waals surface area (Å²) in [4.78, 5) is 55.4. The monoisotopic (exact) mass is 465 g/mol. The lowest BCUT2D eigenvalue weighted by molar-refractivity contribution is -0.139. The maximum atomic E-state index is 13.5. The third-order valence-corrected chi connectivity index (χ3v) is 6.90. The third-order valence-electron chi connectivity index (χ3n) is 5.87. The number of fused-ring (bicyclic) bond motifs is 1. The van der Waals surface area contributed by atoms with Crippen molar-refractivity contribution < 1.29 is 19.4 Å². The molecular weight excluding hydrogens is 446 g/mol. The molecule has 2 atom stereocenters. The molecule has 0 spiro atoms. The smallest absolute Gasteiger partial charge is 0.341 e. The molecule has 0 bridgehead atoms. The van der Waals surface area contributed by atoms with Gasteiger partial charge in [-0.2, -0.15) is 0 Å². The number of rotatable bonds is 5. The van der Waals surface area contributed by atoms with Crippen LogP contribution in [0.5, 0.6) is 5.75 Å². The van der Waals surface area contributed by atoms with Gasteiger partial charge in [0.15, 0.2) is 12.4 Å². The Kier molecular flexibility index (Phi) is 5.21. The van der Waals surface area contributed by atoms with E-state index in [2.05, 4.69) is 15.3 Å². The number of ether oxygens (including phenoxy) is 1. The number of carbonyl (C=O) groups excluding carboxylic acids is 1. The van der Waals surface area contributed by atoms with Gasteiger partial charge in [-0.1, -0.05) is 24.3 Å². The summed E-state index contributed by atoms with van der Waals surface area (Å²) < 4.78 is 5.49. The molecule has 0 fully saturated rings. The number of carboxylic acids is 1. The minimum atomic E-state index is -1.15. The predicted octanol–water partition coefficient (Wildman–Crippen LogP) is 2.55. The Hall–Kier alpha value is -3.92. The van der Waals surface area contributed by atoms with Gasteiger partial charge < -0.3 is 15.2 Å². The number of aromatic amines is 2. The number of nitrogens with one attached hydrogen (secondary N) is 3. The molecule has 33 heavy (non-hydrogen) atoms. The molecule has 0 saturated heterocycles. The first kappa shape index (κ1) is 21.0. The molecule has 10 heteroatoms. The van der Waals surface area contributed by atoms with Crippen molar-refractivity contribution in [3.05, 3.63) is 89.9 Å². The average molecular weight is 465 g/mol. The number of aromatic nitrogens is 2. The summed E-state index contributed by atoms with van der Waals surface area (Å²) in [5.74, 6) is -1.62. The van der Waals surface area contributed by atoms with Crippen LogP contribution in [0.1, 0.15) is 40.7 Å². The van der Waals surface area contributed by atoms with Gasteiger partial charge in [0.05, 0.1) is 11.5 Å². The fraction of sp³-hybridized carbons (Fsp3) is 0.217. The van der Waals surface area contributed by atoms with Crippen LogP contribution in [0.15, 0.2) is 62.6 Å². The number of carboxylic acid groups (broad SMARTS) is 1. The standard InChI is InChI=1S/C23H19N3O6S/c27-14-9-11(16-6-3-7-33-16)8-13-19(14)18(20-21(24-13)25-23(31)26-22(20)30)12-4-1-2-5-15(12)32-10-17(28)29/h1-7,11,18H,8-10H2,(H,28,29)(H3,24,25,26,30,31). The van der Waals surface area contributed by atoms with Crippen molar-refractivity contribution in [2.24, 2.45) is 0 Å². The van der Waals surface area contributed by atoms with Crippen LogP contribution in [0.2, 0.25) is 0 Å². The number of carbonyl (C=O) groups is 2. The Morgan fingerprint density at radius 3 is 2.67 bits per heavy atom. The van der Waals surface area contributed by atoms with Gasteiger partial charge in [0.2, 0.25) is 0 Å². The Bertz CT molecular complexity index is 1400. The van der Waals surface area contributed by atoms with Crippen LogP contribution in [0.4, 0.5) is 5.82 Å². The fourth-order valence-electron chi connectivity index (χ4n) is 4.58. The summed E-state index contributed by atoms with van der Waals surface area (Å²) >= 11 is 1.58. The van der Waals surface area contributed by atoms with E-state index in [1.807, 2.05) is 17.5 Å². The van der Waals surface area contributed by atoms with E-state index in [1.165, 1.54) is 0 Å². The molecule has 5 rings (SSSR count). The Morgan fingerprint density at radius 2 is 1.91 bits per heavy atom. The molecule has 2 aromatic heterocycles. The summed E-state index contributed by atoms with van der Waals surface area (Å²) in [6.07, 6.45) is 0.816. The topological polar surface area (TPSA) is 141 Å². The minimum absolute atomic E-state index is 0.0156.